The van der Waals surface area contributed by atoms with Gasteiger partial charge in [0.05, 0.1) is 11.6 Å². The van der Waals surface area contributed by atoms with Gasteiger partial charge in [0.25, 0.3) is 0 Å². The lowest BCUT2D eigenvalue weighted by Gasteiger charge is -1.90. The normalized spacial score (nSPS) is 10.6. The molecule has 0 unspecified atom stereocenters. The summed E-state index contributed by atoms with van der Waals surface area (Å²) in [5.41, 5.74) is 2.27. The molecule has 3 rings (SSSR count). The van der Waals surface area contributed by atoms with Crippen LogP contribution in [0.5, 0.6) is 0 Å². The number of furan rings is 1. The van der Waals surface area contributed by atoms with E-state index in [9.17, 15) is 0 Å². The molecule has 0 amide bonds. The van der Waals surface area contributed by atoms with Gasteiger partial charge >= 0.3 is 0 Å². The molecule has 1 heterocycles. The fraction of sp³-hybridized carbons (Fsp3) is 0. The zero-order valence-electron chi connectivity index (χ0n) is 7.90. The zero-order valence-corrected chi connectivity index (χ0v) is 7.90. The Morgan fingerprint density at radius 1 is 0.933 bits per heavy atom. The number of benzene rings is 2. The van der Waals surface area contributed by atoms with Crippen LogP contribution in [0.25, 0.3) is 21.9 Å². The first-order valence-electron chi connectivity index (χ1n) is 4.70. The van der Waals surface area contributed by atoms with Crippen molar-refractivity contribution < 1.29 is 4.42 Å². The van der Waals surface area contributed by atoms with Crippen LogP contribution in [-0.4, -0.2) is 0 Å². The lowest BCUT2D eigenvalue weighted by atomic mass is 10.1. The highest BCUT2D eigenvalue weighted by Gasteiger charge is 2.09. The van der Waals surface area contributed by atoms with Gasteiger partial charge in [0.2, 0.25) is 0 Å². The Morgan fingerprint density at radius 3 is 2.60 bits per heavy atom. The molecule has 1 aromatic heterocycles. The van der Waals surface area contributed by atoms with E-state index in [-0.39, 0.29) is 0 Å². The average molecular weight is 193 g/mol. The van der Waals surface area contributed by atoms with E-state index in [0.29, 0.717) is 5.56 Å². The first kappa shape index (κ1) is 8.07. The summed E-state index contributed by atoms with van der Waals surface area (Å²) in [4.78, 5) is 0. The van der Waals surface area contributed by atoms with Crippen molar-refractivity contribution in [2.24, 2.45) is 0 Å². The van der Waals surface area contributed by atoms with Crippen LogP contribution in [0.4, 0.5) is 0 Å². The van der Waals surface area contributed by atoms with Gasteiger partial charge in [-0.1, -0.05) is 24.3 Å². The van der Waals surface area contributed by atoms with E-state index in [1.807, 2.05) is 42.5 Å². The van der Waals surface area contributed by atoms with E-state index in [1.165, 1.54) is 0 Å². The number of hydrogen-bond acceptors (Lipinski definition) is 2. The summed E-state index contributed by atoms with van der Waals surface area (Å²) in [6, 6.07) is 15.5. The quantitative estimate of drug-likeness (QED) is 0.548. The van der Waals surface area contributed by atoms with E-state index in [4.69, 9.17) is 9.68 Å². The largest absolute Gasteiger partial charge is 0.456 e. The van der Waals surface area contributed by atoms with Crippen molar-refractivity contribution in [1.29, 1.82) is 5.26 Å². The number of nitrogens with zero attached hydrogens (tertiary/aromatic N) is 1. The number of nitriles is 1. The van der Waals surface area contributed by atoms with Crippen molar-refractivity contribution >= 4 is 21.9 Å². The highest BCUT2D eigenvalue weighted by molar-refractivity contribution is 6.07. The minimum atomic E-state index is 0.664. The van der Waals surface area contributed by atoms with Gasteiger partial charge < -0.3 is 4.42 Å². The Labute approximate surface area is 86.3 Å². The van der Waals surface area contributed by atoms with Gasteiger partial charge in [-0.25, -0.2) is 0 Å². The van der Waals surface area contributed by atoms with Gasteiger partial charge in [0.15, 0.2) is 0 Å². The van der Waals surface area contributed by atoms with Crippen molar-refractivity contribution in [3.05, 3.63) is 48.0 Å². The van der Waals surface area contributed by atoms with Gasteiger partial charge in [-0.2, -0.15) is 5.26 Å². The van der Waals surface area contributed by atoms with Gasteiger partial charge in [-0.15, -0.1) is 0 Å². The maximum absolute atomic E-state index is 9.02. The van der Waals surface area contributed by atoms with Crippen LogP contribution >= 0.6 is 0 Å². The summed E-state index contributed by atoms with van der Waals surface area (Å²) in [6.07, 6.45) is 0. The van der Waals surface area contributed by atoms with E-state index < -0.39 is 0 Å². The molecule has 0 aliphatic heterocycles. The minimum absolute atomic E-state index is 0.664. The highest BCUT2D eigenvalue weighted by atomic mass is 16.3. The molecule has 0 spiro atoms. The van der Waals surface area contributed by atoms with E-state index in [1.54, 1.807) is 0 Å². The third kappa shape index (κ3) is 1.04. The van der Waals surface area contributed by atoms with Crippen molar-refractivity contribution in [2.45, 2.75) is 0 Å². The Balaban J connectivity index is 2.64. The van der Waals surface area contributed by atoms with Gasteiger partial charge in [-0.05, 0) is 18.2 Å². The van der Waals surface area contributed by atoms with Gasteiger partial charge in [0.1, 0.15) is 11.2 Å². The van der Waals surface area contributed by atoms with Gasteiger partial charge in [-0.3, -0.25) is 0 Å². The van der Waals surface area contributed by atoms with Crippen LogP contribution in [0.15, 0.2) is 46.9 Å². The van der Waals surface area contributed by atoms with Crippen LogP contribution in [0.1, 0.15) is 5.56 Å². The first-order chi connectivity index (χ1) is 7.40. The molecule has 0 saturated heterocycles. The molecule has 70 valence electrons. The number of rotatable bonds is 0. The van der Waals surface area contributed by atoms with Crippen molar-refractivity contribution in [3.8, 4) is 6.07 Å². The third-order valence-corrected chi connectivity index (χ3v) is 2.52. The molecule has 0 atom stereocenters. The SMILES string of the molecule is N#Cc1cccc2oc3ccccc3c12. The summed E-state index contributed by atoms with van der Waals surface area (Å²) >= 11 is 0. The van der Waals surface area contributed by atoms with Crippen molar-refractivity contribution in [3.63, 3.8) is 0 Å². The molecule has 0 N–H and O–H groups in total. The predicted molar refractivity (Wildman–Crippen MR) is 58.4 cm³/mol. The summed E-state index contributed by atoms with van der Waals surface area (Å²) in [6.45, 7) is 0. The van der Waals surface area contributed by atoms with Crippen LogP contribution in [0.2, 0.25) is 0 Å². The molecule has 0 bridgehead atoms. The first-order valence-corrected chi connectivity index (χ1v) is 4.70. The molecule has 0 aliphatic rings. The molecule has 0 radical (unpaired) electrons. The summed E-state index contributed by atoms with van der Waals surface area (Å²) in [5, 5.41) is 10.9. The van der Waals surface area contributed by atoms with E-state index in [0.717, 1.165) is 21.9 Å². The Hall–Kier alpha value is -2.27. The molecule has 2 aromatic carbocycles. The molecule has 15 heavy (non-hydrogen) atoms. The Kier molecular flexibility index (Phi) is 1.54. The lowest BCUT2D eigenvalue weighted by molar-refractivity contribution is 0.669. The Bertz CT molecular complexity index is 688. The zero-order chi connectivity index (χ0) is 10.3. The molecule has 2 nitrogen and oxygen atoms in total. The van der Waals surface area contributed by atoms with Crippen LogP contribution in [-0.2, 0) is 0 Å². The van der Waals surface area contributed by atoms with Crippen LogP contribution < -0.4 is 0 Å². The lowest BCUT2D eigenvalue weighted by Crippen LogP contribution is -1.74. The second-order valence-corrected chi connectivity index (χ2v) is 3.39. The molecule has 3 aromatic rings. The molecular formula is C13H7NO. The Morgan fingerprint density at radius 2 is 1.73 bits per heavy atom. The fourth-order valence-corrected chi connectivity index (χ4v) is 1.87. The molecular weight excluding hydrogens is 186 g/mol. The summed E-state index contributed by atoms with van der Waals surface area (Å²) < 4.78 is 5.64. The number of para-hydroxylation sites is 1. The average Bonchev–Trinajstić information content (AvgIpc) is 2.67. The maximum atomic E-state index is 9.02. The molecule has 0 fully saturated rings. The maximum Gasteiger partial charge on any atom is 0.136 e. The predicted octanol–water partition coefficient (Wildman–Crippen LogP) is 3.46. The van der Waals surface area contributed by atoms with E-state index in [2.05, 4.69) is 6.07 Å². The summed E-state index contributed by atoms with van der Waals surface area (Å²) in [5.74, 6) is 0. The molecule has 2 heteroatoms. The van der Waals surface area contributed by atoms with Crippen molar-refractivity contribution in [2.75, 3.05) is 0 Å². The minimum Gasteiger partial charge on any atom is -0.456 e. The second-order valence-electron chi connectivity index (χ2n) is 3.39. The third-order valence-electron chi connectivity index (χ3n) is 2.52. The summed E-state index contributed by atoms with van der Waals surface area (Å²) in [7, 11) is 0. The standard InChI is InChI=1S/C13H7NO/c14-8-9-4-3-7-12-13(9)10-5-1-2-6-11(10)15-12/h1-7H. The number of fused-ring (bicyclic) bond motifs is 3. The number of hydrogen-bond donors (Lipinski definition) is 0. The monoisotopic (exact) mass is 193 g/mol. The van der Waals surface area contributed by atoms with Crippen LogP contribution in [0, 0.1) is 11.3 Å². The second kappa shape index (κ2) is 2.86. The van der Waals surface area contributed by atoms with Crippen LogP contribution in [0.3, 0.4) is 0 Å². The van der Waals surface area contributed by atoms with E-state index >= 15 is 0 Å². The van der Waals surface area contributed by atoms with Gasteiger partial charge in [0, 0.05) is 10.8 Å². The smallest absolute Gasteiger partial charge is 0.136 e. The van der Waals surface area contributed by atoms with Crippen molar-refractivity contribution in [1.82, 2.24) is 0 Å². The topological polar surface area (TPSA) is 36.9 Å². The molecule has 0 aliphatic carbocycles. The fourth-order valence-electron chi connectivity index (χ4n) is 1.87. The molecule has 0 saturated carbocycles. The highest BCUT2D eigenvalue weighted by Crippen LogP contribution is 2.30.